The summed E-state index contributed by atoms with van der Waals surface area (Å²) in [6, 6.07) is 6.04. The Morgan fingerprint density at radius 1 is 0.690 bits per heavy atom. The van der Waals surface area contributed by atoms with Crippen molar-refractivity contribution in [3.63, 3.8) is 0 Å². The summed E-state index contributed by atoms with van der Waals surface area (Å²) >= 11 is -3.31. The van der Waals surface area contributed by atoms with Gasteiger partial charge in [-0.1, -0.05) is 0 Å². The Hall–Kier alpha value is -0.581. The molecular weight excluding hydrogens is 470 g/mol. The molecule has 0 amide bonds. The van der Waals surface area contributed by atoms with Crippen molar-refractivity contribution >= 4 is 24.8 Å². The van der Waals surface area contributed by atoms with Crippen LogP contribution >= 0.6 is 0 Å². The van der Waals surface area contributed by atoms with Crippen LogP contribution < -0.4 is 0 Å². The Morgan fingerprint density at radius 2 is 1.07 bits per heavy atom. The number of benzene rings is 1. The van der Waals surface area contributed by atoms with E-state index < -0.39 is 18.8 Å². The molecule has 4 heteroatoms. The van der Waals surface area contributed by atoms with Crippen molar-refractivity contribution in [2.45, 2.75) is 108 Å². The van der Waals surface area contributed by atoms with Gasteiger partial charge in [0.15, 0.2) is 0 Å². The maximum absolute atomic E-state index is 13.4. The van der Waals surface area contributed by atoms with E-state index in [1.54, 1.807) is 12.1 Å². The van der Waals surface area contributed by atoms with Crippen LogP contribution in [-0.2, 0) is 3.07 Å². The Kier molecular flexibility index (Phi) is 7.58. The molecule has 1 aromatic carbocycles. The number of rotatable bonds is 5. The Labute approximate surface area is 180 Å². The van der Waals surface area contributed by atoms with Crippen LogP contribution in [0.3, 0.4) is 0 Å². The molecule has 0 N–H and O–H groups in total. The average molecular weight is 507 g/mol. The zero-order valence-corrected chi connectivity index (χ0v) is 20.7. The molecule has 0 saturated heterocycles. The number of carbonyl (C=O) groups excluding carboxylic acids is 1. The van der Waals surface area contributed by atoms with Crippen LogP contribution in [0.25, 0.3) is 0 Å². The summed E-state index contributed by atoms with van der Waals surface area (Å²) in [5.41, 5.74) is 0.551. The second-order valence-electron chi connectivity index (χ2n) is 9.75. The van der Waals surface area contributed by atoms with Gasteiger partial charge in [-0.15, -0.1) is 0 Å². The first kappa shape index (κ1) is 21.6. The minimum atomic E-state index is -3.31. The predicted molar refractivity (Wildman–Crippen MR) is 118 cm³/mol. The van der Waals surface area contributed by atoms with Gasteiger partial charge in [0.1, 0.15) is 0 Å². The van der Waals surface area contributed by atoms with E-state index in [2.05, 4.69) is 0 Å². The first-order valence-electron chi connectivity index (χ1n) is 12.2. The second-order valence-corrected chi connectivity index (χ2v) is 22.2. The van der Waals surface area contributed by atoms with E-state index >= 15 is 0 Å². The molecule has 2 nitrogen and oxygen atoms in total. The monoisotopic (exact) mass is 508 g/mol. The molecule has 0 heterocycles. The van der Waals surface area contributed by atoms with E-state index in [1.807, 2.05) is 0 Å². The van der Waals surface area contributed by atoms with Gasteiger partial charge < -0.3 is 0 Å². The third kappa shape index (κ3) is 4.85. The normalized spacial score (nSPS) is 23.1. The maximum atomic E-state index is 13.4. The van der Waals surface area contributed by atoms with Crippen LogP contribution in [0.15, 0.2) is 24.3 Å². The van der Waals surface area contributed by atoms with Crippen LogP contribution in [0.1, 0.15) is 107 Å². The molecule has 160 valence electrons. The third-order valence-electron chi connectivity index (χ3n) is 8.08. The first-order chi connectivity index (χ1) is 14.2. The molecule has 29 heavy (non-hydrogen) atoms. The SMILES string of the molecule is O=C([O][Sn]([CH]1CCCCC1)([CH]1CCCCC1)[CH]1CCCCC1)c1ccc(F)cc1. The number of hydrogen-bond donors (Lipinski definition) is 0. The van der Waals surface area contributed by atoms with Crippen molar-refractivity contribution in [2.75, 3.05) is 0 Å². The molecular formula is C25H37FO2Sn. The second kappa shape index (κ2) is 10.2. The van der Waals surface area contributed by atoms with E-state index in [9.17, 15) is 9.18 Å². The fourth-order valence-corrected chi connectivity index (χ4v) is 26.3. The molecule has 1 aromatic rings. The summed E-state index contributed by atoms with van der Waals surface area (Å²) in [5, 5.41) is 0. The van der Waals surface area contributed by atoms with Gasteiger partial charge in [0.25, 0.3) is 0 Å². The number of hydrogen-bond acceptors (Lipinski definition) is 2. The van der Waals surface area contributed by atoms with Gasteiger partial charge in [0.2, 0.25) is 0 Å². The van der Waals surface area contributed by atoms with Crippen LogP contribution in [0.2, 0.25) is 11.8 Å². The van der Waals surface area contributed by atoms with Gasteiger partial charge >= 0.3 is 181 Å². The van der Waals surface area contributed by atoms with Crippen molar-refractivity contribution in [1.82, 2.24) is 0 Å². The van der Waals surface area contributed by atoms with Gasteiger partial charge in [0, 0.05) is 0 Å². The van der Waals surface area contributed by atoms with E-state index in [1.165, 1.54) is 108 Å². The molecule has 0 aliphatic heterocycles. The third-order valence-corrected chi connectivity index (χ3v) is 25.5. The molecule has 0 spiro atoms. The van der Waals surface area contributed by atoms with E-state index in [0.717, 1.165) is 0 Å². The Bertz CT molecular complexity index is 610. The van der Waals surface area contributed by atoms with Crippen molar-refractivity contribution in [1.29, 1.82) is 0 Å². The summed E-state index contributed by atoms with van der Waals surface area (Å²) in [6.45, 7) is 0. The molecule has 3 aliphatic rings. The Morgan fingerprint density at radius 3 is 1.45 bits per heavy atom. The minimum absolute atomic E-state index is 0.137. The molecule has 3 aliphatic carbocycles. The van der Waals surface area contributed by atoms with E-state index in [-0.39, 0.29) is 11.8 Å². The van der Waals surface area contributed by atoms with E-state index in [0.29, 0.717) is 17.4 Å². The van der Waals surface area contributed by atoms with Gasteiger partial charge in [-0.3, -0.25) is 0 Å². The van der Waals surface area contributed by atoms with Crippen molar-refractivity contribution < 1.29 is 12.3 Å². The fourth-order valence-electron chi connectivity index (χ4n) is 6.72. The number of carbonyl (C=O) groups is 1. The van der Waals surface area contributed by atoms with Crippen molar-refractivity contribution in [2.24, 2.45) is 0 Å². The number of halogens is 1. The molecule has 3 fully saturated rings. The molecule has 0 atom stereocenters. The summed E-state index contributed by atoms with van der Waals surface area (Å²) < 4.78 is 22.5. The van der Waals surface area contributed by atoms with Crippen molar-refractivity contribution in [3.8, 4) is 0 Å². The Balaban J connectivity index is 1.69. The average Bonchev–Trinajstić information content (AvgIpc) is 2.79. The first-order valence-corrected chi connectivity index (χ1v) is 18.3. The summed E-state index contributed by atoms with van der Waals surface area (Å²) in [6.07, 6.45) is 19.7. The molecule has 3 saturated carbocycles. The standard InChI is InChI=1S/C7H5FO2.3C6H11.Sn/c8-6-3-1-5(2-4-6)7(9)10;3*1-2-4-6-5-3-1;/h1-4H,(H,9,10);3*1H,2-6H2;/q;;;;+1/p-1. The van der Waals surface area contributed by atoms with Crippen LogP contribution in [0.5, 0.6) is 0 Å². The van der Waals surface area contributed by atoms with E-state index in [4.69, 9.17) is 3.07 Å². The summed E-state index contributed by atoms with van der Waals surface area (Å²) in [5.74, 6) is -0.425. The zero-order valence-electron chi connectivity index (χ0n) is 17.8. The zero-order chi connectivity index (χ0) is 20.1. The molecule has 0 radical (unpaired) electrons. The van der Waals surface area contributed by atoms with Gasteiger partial charge in [-0.05, 0) is 0 Å². The van der Waals surface area contributed by atoms with Crippen LogP contribution in [0, 0.1) is 5.82 Å². The van der Waals surface area contributed by atoms with Crippen LogP contribution in [-0.4, -0.2) is 24.8 Å². The molecule has 0 aromatic heterocycles. The quantitative estimate of drug-likeness (QED) is 0.379. The molecule has 4 rings (SSSR count). The van der Waals surface area contributed by atoms with Crippen molar-refractivity contribution in [3.05, 3.63) is 35.6 Å². The predicted octanol–water partition coefficient (Wildman–Crippen LogP) is 7.93. The summed E-state index contributed by atoms with van der Waals surface area (Å²) in [7, 11) is 0. The fraction of sp³-hybridized carbons (Fsp3) is 0.720. The van der Waals surface area contributed by atoms with Gasteiger partial charge in [-0.2, -0.15) is 0 Å². The van der Waals surface area contributed by atoms with Gasteiger partial charge in [-0.25, -0.2) is 0 Å². The van der Waals surface area contributed by atoms with Crippen LogP contribution in [0.4, 0.5) is 4.39 Å². The molecule has 0 unspecified atom stereocenters. The molecule has 0 bridgehead atoms. The van der Waals surface area contributed by atoms with Gasteiger partial charge in [0.05, 0.1) is 0 Å². The topological polar surface area (TPSA) is 26.3 Å². The summed E-state index contributed by atoms with van der Waals surface area (Å²) in [4.78, 5) is 13.4.